The predicted molar refractivity (Wildman–Crippen MR) is 65.1 cm³/mol. The van der Waals surface area contributed by atoms with E-state index in [0.717, 1.165) is 12.6 Å². The normalized spacial score (nSPS) is 13.5. The number of halogens is 4. The van der Waals surface area contributed by atoms with E-state index in [2.05, 4.69) is 10.3 Å². The van der Waals surface area contributed by atoms with Gasteiger partial charge in [-0.25, -0.2) is 4.39 Å². The Kier molecular flexibility index (Phi) is 6.21. The molecule has 0 amide bonds. The number of pyridine rings is 1. The molecule has 1 heterocycles. The number of rotatable bonds is 7. The van der Waals surface area contributed by atoms with Gasteiger partial charge in [-0.3, -0.25) is 4.98 Å². The first-order chi connectivity index (χ1) is 8.92. The number of nitrogens with one attached hydrogen (secondary N) is 1. The molecule has 0 aliphatic rings. The Morgan fingerprint density at radius 1 is 1.32 bits per heavy atom. The Morgan fingerprint density at radius 2 is 2.05 bits per heavy atom. The highest BCUT2D eigenvalue weighted by molar-refractivity contribution is 5.15. The minimum Gasteiger partial charge on any atom is -0.310 e. The van der Waals surface area contributed by atoms with Gasteiger partial charge in [0.1, 0.15) is 5.82 Å². The van der Waals surface area contributed by atoms with E-state index in [-0.39, 0.29) is 12.5 Å². The highest BCUT2D eigenvalue weighted by Gasteiger charge is 2.26. The largest absolute Gasteiger partial charge is 0.389 e. The molecule has 1 aromatic heterocycles. The molecule has 0 aliphatic heterocycles. The van der Waals surface area contributed by atoms with Gasteiger partial charge in [0.25, 0.3) is 0 Å². The SMILES string of the molecule is CCCNC(CCCC(F)(F)F)c1cncc(F)c1. The standard InChI is InChI=1S/C13H18F4N2/c1-2-6-19-12(4-3-5-13(15,16)17)10-7-11(14)9-18-8-10/h7-9,12,19H,2-6H2,1H3. The molecule has 0 aliphatic carbocycles. The van der Waals surface area contributed by atoms with Crippen LogP contribution in [0.25, 0.3) is 0 Å². The van der Waals surface area contributed by atoms with Gasteiger partial charge < -0.3 is 5.32 Å². The number of alkyl halides is 3. The van der Waals surface area contributed by atoms with Gasteiger partial charge in [-0.1, -0.05) is 6.92 Å². The molecule has 108 valence electrons. The first-order valence-corrected chi connectivity index (χ1v) is 6.33. The Morgan fingerprint density at radius 3 is 2.63 bits per heavy atom. The Balaban J connectivity index is 2.61. The maximum atomic E-state index is 13.1. The minimum absolute atomic E-state index is 0.0153. The fourth-order valence-corrected chi connectivity index (χ4v) is 1.83. The second-order valence-electron chi connectivity index (χ2n) is 4.45. The average Bonchev–Trinajstić information content (AvgIpc) is 2.32. The van der Waals surface area contributed by atoms with Crippen LogP contribution in [0.4, 0.5) is 17.6 Å². The van der Waals surface area contributed by atoms with E-state index in [1.165, 1.54) is 12.3 Å². The lowest BCUT2D eigenvalue weighted by atomic mass is 10.0. The van der Waals surface area contributed by atoms with Crippen molar-refractivity contribution in [3.63, 3.8) is 0 Å². The van der Waals surface area contributed by atoms with E-state index >= 15 is 0 Å². The molecule has 1 N–H and O–H groups in total. The van der Waals surface area contributed by atoms with Crippen molar-refractivity contribution < 1.29 is 17.6 Å². The van der Waals surface area contributed by atoms with Gasteiger partial charge in [0.15, 0.2) is 0 Å². The third-order valence-corrected chi connectivity index (χ3v) is 2.72. The molecular weight excluding hydrogens is 260 g/mol. The molecule has 0 bridgehead atoms. The van der Waals surface area contributed by atoms with Crippen molar-refractivity contribution in [2.45, 2.75) is 44.8 Å². The smallest absolute Gasteiger partial charge is 0.310 e. The Bertz CT molecular complexity index is 379. The van der Waals surface area contributed by atoms with Crippen LogP contribution in [0.2, 0.25) is 0 Å². The van der Waals surface area contributed by atoms with Crippen LogP contribution < -0.4 is 5.32 Å². The molecule has 0 aromatic carbocycles. The first kappa shape index (κ1) is 15.9. The van der Waals surface area contributed by atoms with Gasteiger partial charge in [0.05, 0.1) is 6.20 Å². The zero-order valence-corrected chi connectivity index (χ0v) is 10.8. The fraction of sp³-hybridized carbons (Fsp3) is 0.615. The van der Waals surface area contributed by atoms with Crippen molar-refractivity contribution in [1.29, 1.82) is 0 Å². The van der Waals surface area contributed by atoms with E-state index in [1.54, 1.807) is 0 Å². The van der Waals surface area contributed by atoms with E-state index in [1.807, 2.05) is 6.92 Å². The maximum absolute atomic E-state index is 13.1. The van der Waals surface area contributed by atoms with Crippen LogP contribution in [0.5, 0.6) is 0 Å². The van der Waals surface area contributed by atoms with Gasteiger partial charge >= 0.3 is 6.18 Å². The van der Waals surface area contributed by atoms with Crippen LogP contribution in [0, 0.1) is 5.82 Å². The summed E-state index contributed by atoms with van der Waals surface area (Å²) in [6, 6.07) is 1.03. The van der Waals surface area contributed by atoms with Gasteiger partial charge in [-0.2, -0.15) is 13.2 Å². The number of aromatic nitrogens is 1. The second-order valence-corrected chi connectivity index (χ2v) is 4.45. The topological polar surface area (TPSA) is 24.9 Å². The van der Waals surface area contributed by atoms with Crippen molar-refractivity contribution in [3.8, 4) is 0 Å². The predicted octanol–water partition coefficient (Wildman–Crippen LogP) is 3.99. The Labute approximate surface area is 110 Å². The van der Waals surface area contributed by atoms with Crippen LogP contribution in [0.1, 0.15) is 44.2 Å². The fourth-order valence-electron chi connectivity index (χ4n) is 1.83. The zero-order chi connectivity index (χ0) is 14.3. The molecule has 6 heteroatoms. The number of hydrogen-bond donors (Lipinski definition) is 1. The average molecular weight is 278 g/mol. The van der Waals surface area contributed by atoms with Crippen molar-refractivity contribution >= 4 is 0 Å². The van der Waals surface area contributed by atoms with Crippen LogP contribution in [0.15, 0.2) is 18.5 Å². The Hall–Kier alpha value is -1.17. The summed E-state index contributed by atoms with van der Waals surface area (Å²) in [6.45, 7) is 2.64. The maximum Gasteiger partial charge on any atom is 0.389 e. The highest BCUT2D eigenvalue weighted by atomic mass is 19.4. The molecule has 2 nitrogen and oxygen atoms in total. The van der Waals surface area contributed by atoms with Gasteiger partial charge in [-0.15, -0.1) is 0 Å². The molecule has 1 unspecified atom stereocenters. The molecular formula is C13H18F4N2. The number of hydrogen-bond acceptors (Lipinski definition) is 2. The monoisotopic (exact) mass is 278 g/mol. The van der Waals surface area contributed by atoms with Crippen molar-refractivity contribution in [3.05, 3.63) is 29.8 Å². The van der Waals surface area contributed by atoms with Crippen molar-refractivity contribution in [2.75, 3.05) is 6.54 Å². The first-order valence-electron chi connectivity index (χ1n) is 6.33. The van der Waals surface area contributed by atoms with E-state index in [0.29, 0.717) is 18.5 Å². The quantitative estimate of drug-likeness (QED) is 0.763. The molecule has 0 saturated heterocycles. The summed E-state index contributed by atoms with van der Waals surface area (Å²) in [5.41, 5.74) is 0.593. The summed E-state index contributed by atoms with van der Waals surface area (Å²) < 4.78 is 49.5. The van der Waals surface area contributed by atoms with Crippen molar-refractivity contribution in [2.24, 2.45) is 0 Å². The molecule has 0 radical (unpaired) electrons. The van der Waals surface area contributed by atoms with Crippen LogP contribution in [-0.2, 0) is 0 Å². The summed E-state index contributed by atoms with van der Waals surface area (Å²) in [4.78, 5) is 3.73. The van der Waals surface area contributed by atoms with Crippen LogP contribution in [-0.4, -0.2) is 17.7 Å². The number of nitrogens with zero attached hydrogens (tertiary/aromatic N) is 1. The lowest BCUT2D eigenvalue weighted by Crippen LogP contribution is -2.23. The molecule has 1 rings (SSSR count). The molecule has 1 aromatic rings. The van der Waals surface area contributed by atoms with Gasteiger partial charge in [0, 0.05) is 18.7 Å². The highest BCUT2D eigenvalue weighted by Crippen LogP contribution is 2.26. The summed E-state index contributed by atoms with van der Waals surface area (Å²) >= 11 is 0. The minimum atomic E-state index is -4.14. The van der Waals surface area contributed by atoms with E-state index < -0.39 is 18.4 Å². The third-order valence-electron chi connectivity index (χ3n) is 2.72. The molecule has 0 saturated carbocycles. The lowest BCUT2D eigenvalue weighted by molar-refractivity contribution is -0.135. The second kappa shape index (κ2) is 7.43. The van der Waals surface area contributed by atoms with Gasteiger partial charge in [0.2, 0.25) is 0 Å². The molecule has 1 atom stereocenters. The van der Waals surface area contributed by atoms with Crippen LogP contribution >= 0.6 is 0 Å². The molecule has 0 spiro atoms. The summed E-state index contributed by atoms with van der Waals surface area (Å²) in [5.74, 6) is -0.475. The lowest BCUT2D eigenvalue weighted by Gasteiger charge is -2.19. The summed E-state index contributed by atoms with van der Waals surface area (Å²) in [7, 11) is 0. The third kappa shape index (κ3) is 6.52. The summed E-state index contributed by atoms with van der Waals surface area (Å²) in [6.07, 6.45) is -1.21. The summed E-state index contributed by atoms with van der Waals surface area (Å²) in [5, 5.41) is 3.13. The van der Waals surface area contributed by atoms with Crippen LogP contribution in [0.3, 0.4) is 0 Å². The molecule has 0 fully saturated rings. The van der Waals surface area contributed by atoms with Gasteiger partial charge in [-0.05, 0) is 37.4 Å². The van der Waals surface area contributed by atoms with E-state index in [9.17, 15) is 17.6 Å². The zero-order valence-electron chi connectivity index (χ0n) is 10.8. The molecule has 19 heavy (non-hydrogen) atoms. The van der Waals surface area contributed by atoms with E-state index in [4.69, 9.17) is 0 Å². The van der Waals surface area contributed by atoms with Crippen molar-refractivity contribution in [1.82, 2.24) is 10.3 Å².